The molecule has 2 unspecified atom stereocenters. The van der Waals surface area contributed by atoms with Gasteiger partial charge in [0.15, 0.2) is 0 Å². The third kappa shape index (κ3) is 3.98. The minimum atomic E-state index is -0.0868. The van der Waals surface area contributed by atoms with E-state index in [0.717, 1.165) is 18.5 Å². The maximum Gasteiger partial charge on any atom is 0.254 e. The predicted octanol–water partition coefficient (Wildman–Crippen LogP) is 1.10. The Kier molecular flexibility index (Phi) is 5.25. The van der Waals surface area contributed by atoms with Crippen molar-refractivity contribution in [1.29, 1.82) is 0 Å². The van der Waals surface area contributed by atoms with Crippen molar-refractivity contribution in [3.05, 3.63) is 23.3 Å². The number of hydrogen-bond donors (Lipinski definition) is 3. The number of amides is 1. The lowest BCUT2D eigenvalue weighted by Crippen LogP contribution is -2.30. The van der Waals surface area contributed by atoms with Gasteiger partial charge in [-0.25, -0.2) is 9.97 Å². The van der Waals surface area contributed by atoms with Crippen LogP contribution in [-0.2, 0) is 0 Å². The van der Waals surface area contributed by atoms with Gasteiger partial charge in [0.25, 0.3) is 5.91 Å². The van der Waals surface area contributed by atoms with E-state index in [1.165, 1.54) is 0 Å². The van der Waals surface area contributed by atoms with E-state index in [1.54, 1.807) is 6.20 Å². The zero-order chi connectivity index (χ0) is 15.4. The molecule has 1 aliphatic heterocycles. The summed E-state index contributed by atoms with van der Waals surface area (Å²) in [6, 6.07) is 0.951. The summed E-state index contributed by atoms with van der Waals surface area (Å²) in [5.74, 6) is 1.20. The van der Waals surface area contributed by atoms with Crippen LogP contribution in [-0.4, -0.2) is 34.5 Å². The van der Waals surface area contributed by atoms with Crippen molar-refractivity contribution in [3.8, 4) is 0 Å². The minimum Gasteiger partial charge on any atom is -0.352 e. The summed E-state index contributed by atoms with van der Waals surface area (Å²) in [6.07, 6.45) is 3.66. The number of aryl methyl sites for hydroxylation is 2. The lowest BCUT2D eigenvalue weighted by atomic mass is 9.92. The molecule has 116 valence electrons. The van der Waals surface area contributed by atoms with Gasteiger partial charge in [-0.3, -0.25) is 15.6 Å². The molecule has 2 heterocycles. The Bertz CT molecular complexity index is 495. The van der Waals surface area contributed by atoms with Gasteiger partial charge >= 0.3 is 0 Å². The number of rotatable bonds is 5. The van der Waals surface area contributed by atoms with E-state index in [9.17, 15) is 4.79 Å². The van der Waals surface area contributed by atoms with Crippen LogP contribution < -0.4 is 16.2 Å². The molecule has 0 radical (unpaired) electrons. The third-order valence-corrected chi connectivity index (χ3v) is 4.17. The monoisotopic (exact) mass is 291 g/mol. The molecule has 3 N–H and O–H groups in total. The van der Waals surface area contributed by atoms with Gasteiger partial charge in [0.1, 0.15) is 5.82 Å². The van der Waals surface area contributed by atoms with E-state index < -0.39 is 0 Å². The van der Waals surface area contributed by atoms with Gasteiger partial charge in [-0.15, -0.1) is 0 Å². The lowest BCUT2D eigenvalue weighted by molar-refractivity contribution is 0.0951. The molecule has 1 fully saturated rings. The highest BCUT2D eigenvalue weighted by Crippen LogP contribution is 2.19. The highest BCUT2D eigenvalue weighted by molar-refractivity contribution is 5.94. The van der Waals surface area contributed by atoms with Crippen molar-refractivity contribution in [1.82, 2.24) is 26.1 Å². The SMILES string of the molecule is Cc1ncc(C(=O)NCCCC2C(C)NNC2C)c(C)n1. The van der Waals surface area contributed by atoms with Gasteiger partial charge < -0.3 is 5.32 Å². The van der Waals surface area contributed by atoms with E-state index in [-0.39, 0.29) is 5.91 Å². The second-order valence-corrected chi connectivity index (χ2v) is 5.84. The van der Waals surface area contributed by atoms with Gasteiger partial charge in [0, 0.05) is 24.8 Å². The van der Waals surface area contributed by atoms with E-state index >= 15 is 0 Å². The maximum absolute atomic E-state index is 12.1. The fourth-order valence-corrected chi connectivity index (χ4v) is 2.85. The smallest absolute Gasteiger partial charge is 0.254 e. The average molecular weight is 291 g/mol. The Morgan fingerprint density at radius 3 is 2.57 bits per heavy atom. The molecule has 2 atom stereocenters. The Hall–Kier alpha value is -1.53. The fraction of sp³-hybridized carbons (Fsp3) is 0.667. The van der Waals surface area contributed by atoms with Crippen molar-refractivity contribution in [2.24, 2.45) is 5.92 Å². The molecule has 2 rings (SSSR count). The number of nitrogens with zero attached hydrogens (tertiary/aromatic N) is 2. The summed E-state index contributed by atoms with van der Waals surface area (Å²) in [5, 5.41) is 2.95. The normalized spacial score (nSPS) is 25.0. The maximum atomic E-state index is 12.1. The molecule has 0 aromatic carbocycles. The molecule has 1 amide bonds. The van der Waals surface area contributed by atoms with Crippen molar-refractivity contribution in [2.45, 2.75) is 52.6 Å². The zero-order valence-electron chi connectivity index (χ0n) is 13.2. The number of carbonyl (C=O) groups is 1. The molecule has 0 aliphatic carbocycles. The van der Waals surface area contributed by atoms with Crippen molar-refractivity contribution < 1.29 is 4.79 Å². The second-order valence-electron chi connectivity index (χ2n) is 5.84. The molecule has 6 nitrogen and oxygen atoms in total. The Morgan fingerprint density at radius 2 is 1.95 bits per heavy atom. The van der Waals surface area contributed by atoms with Gasteiger partial charge in [0.05, 0.1) is 11.3 Å². The van der Waals surface area contributed by atoms with Crippen molar-refractivity contribution in [2.75, 3.05) is 6.54 Å². The quantitative estimate of drug-likeness (QED) is 0.708. The Morgan fingerprint density at radius 1 is 1.29 bits per heavy atom. The number of hydrazine groups is 1. The van der Waals surface area contributed by atoms with Crippen LogP contribution >= 0.6 is 0 Å². The molecule has 1 saturated heterocycles. The third-order valence-electron chi connectivity index (χ3n) is 4.17. The van der Waals surface area contributed by atoms with E-state index in [4.69, 9.17) is 0 Å². The molecule has 6 heteroatoms. The van der Waals surface area contributed by atoms with Crippen LogP contribution in [0.25, 0.3) is 0 Å². The molecule has 0 spiro atoms. The second kappa shape index (κ2) is 6.95. The molecule has 21 heavy (non-hydrogen) atoms. The van der Waals surface area contributed by atoms with E-state index in [1.807, 2.05) is 13.8 Å². The number of carbonyl (C=O) groups excluding carboxylic acids is 1. The molecular weight excluding hydrogens is 266 g/mol. The first-order valence-corrected chi connectivity index (χ1v) is 7.58. The van der Waals surface area contributed by atoms with Gasteiger partial charge in [-0.05, 0) is 46.5 Å². The number of hydrogen-bond acceptors (Lipinski definition) is 5. The number of aromatic nitrogens is 2. The average Bonchev–Trinajstić information content (AvgIpc) is 2.74. The zero-order valence-corrected chi connectivity index (χ0v) is 13.2. The highest BCUT2D eigenvalue weighted by atomic mass is 16.1. The summed E-state index contributed by atoms with van der Waals surface area (Å²) in [5.41, 5.74) is 7.80. The molecule has 1 aromatic rings. The van der Waals surface area contributed by atoms with Crippen LogP contribution in [0.2, 0.25) is 0 Å². The first-order chi connectivity index (χ1) is 9.99. The van der Waals surface area contributed by atoms with Crippen molar-refractivity contribution in [3.63, 3.8) is 0 Å². The molecular formula is C15H25N5O. The summed E-state index contributed by atoms with van der Waals surface area (Å²) < 4.78 is 0. The molecule has 1 aromatic heterocycles. The topological polar surface area (TPSA) is 78.9 Å². The van der Waals surface area contributed by atoms with E-state index in [2.05, 4.69) is 40.0 Å². The lowest BCUT2D eigenvalue weighted by Gasteiger charge is -2.17. The van der Waals surface area contributed by atoms with Crippen LogP contribution in [0.3, 0.4) is 0 Å². The highest BCUT2D eigenvalue weighted by Gasteiger charge is 2.28. The number of nitrogens with one attached hydrogen (secondary N) is 3. The van der Waals surface area contributed by atoms with Crippen LogP contribution in [0.4, 0.5) is 0 Å². The van der Waals surface area contributed by atoms with Crippen LogP contribution in [0.5, 0.6) is 0 Å². The summed E-state index contributed by atoms with van der Waals surface area (Å²) in [7, 11) is 0. The fourth-order valence-electron chi connectivity index (χ4n) is 2.85. The standard InChI is InChI=1S/C15H25N5O/c1-9-14(8-17-12(4)18-9)15(21)16-7-5-6-13-10(2)19-20-11(13)3/h8,10-11,13,19-20H,5-7H2,1-4H3,(H,16,21). The van der Waals surface area contributed by atoms with Gasteiger partial charge in [-0.1, -0.05) is 0 Å². The van der Waals surface area contributed by atoms with E-state index in [0.29, 0.717) is 35.9 Å². The Labute approximate surface area is 126 Å². The van der Waals surface area contributed by atoms with Crippen molar-refractivity contribution >= 4 is 5.91 Å². The summed E-state index contributed by atoms with van der Waals surface area (Å²) >= 11 is 0. The summed E-state index contributed by atoms with van der Waals surface area (Å²) in [6.45, 7) is 8.71. The van der Waals surface area contributed by atoms with Crippen LogP contribution in [0, 0.1) is 19.8 Å². The molecule has 0 saturated carbocycles. The van der Waals surface area contributed by atoms with Gasteiger partial charge in [0.2, 0.25) is 0 Å². The first kappa shape index (κ1) is 15.9. The summed E-state index contributed by atoms with van der Waals surface area (Å²) in [4.78, 5) is 20.4. The first-order valence-electron chi connectivity index (χ1n) is 7.58. The van der Waals surface area contributed by atoms with Crippen LogP contribution in [0.1, 0.15) is 48.6 Å². The Balaban J connectivity index is 1.77. The van der Waals surface area contributed by atoms with Crippen LogP contribution in [0.15, 0.2) is 6.20 Å². The molecule has 1 aliphatic rings. The molecule has 0 bridgehead atoms. The van der Waals surface area contributed by atoms with Gasteiger partial charge in [-0.2, -0.15) is 0 Å². The minimum absolute atomic E-state index is 0.0868. The predicted molar refractivity (Wildman–Crippen MR) is 81.8 cm³/mol. The largest absolute Gasteiger partial charge is 0.352 e.